The summed E-state index contributed by atoms with van der Waals surface area (Å²) >= 11 is 0. The number of nitrogens with zero attached hydrogens (tertiary/aromatic N) is 4. The van der Waals surface area contributed by atoms with Crippen molar-refractivity contribution in [1.29, 1.82) is 0 Å². The monoisotopic (exact) mass is 637 g/mol. The number of nitrogens with two attached hydrogens (primary N) is 1. The zero-order chi connectivity index (χ0) is 34.4. The van der Waals surface area contributed by atoms with E-state index in [4.69, 9.17) is 20.7 Å². The van der Waals surface area contributed by atoms with E-state index in [2.05, 4.69) is 57.7 Å². The predicted octanol–water partition coefficient (Wildman–Crippen LogP) is 3.75. The molecule has 44 heavy (non-hydrogen) atoms. The third kappa shape index (κ3) is 41.7. The number of carbonyl (C=O) groups is 2. The molecule has 0 aliphatic rings. The Morgan fingerprint density at radius 2 is 1.16 bits per heavy atom. The van der Waals surface area contributed by atoms with Crippen LogP contribution in [-0.4, -0.2) is 145 Å². The van der Waals surface area contributed by atoms with Crippen molar-refractivity contribution in [3.63, 3.8) is 0 Å². The van der Waals surface area contributed by atoms with Crippen LogP contribution in [0.4, 0.5) is 0 Å². The van der Waals surface area contributed by atoms with Gasteiger partial charge in [0.1, 0.15) is 25.9 Å². The topological polar surface area (TPSA) is 127 Å². The zero-order valence-corrected chi connectivity index (χ0v) is 29.2. The average Bonchev–Trinajstić information content (AvgIpc) is 2.82. The molecule has 0 saturated carbocycles. The van der Waals surface area contributed by atoms with E-state index in [1.165, 1.54) is 0 Å². The Balaban J connectivity index is -0.000000108. The van der Waals surface area contributed by atoms with Gasteiger partial charge in [0.2, 0.25) is 5.91 Å². The minimum atomic E-state index is -0.339. The Morgan fingerprint density at radius 3 is 1.34 bits per heavy atom. The van der Waals surface area contributed by atoms with Crippen molar-refractivity contribution in [2.45, 2.75) is 54.8 Å². The van der Waals surface area contributed by atoms with Crippen LogP contribution in [0.1, 0.15) is 42.5 Å². The van der Waals surface area contributed by atoms with Gasteiger partial charge in [-0.15, -0.1) is 0 Å². The highest BCUT2D eigenvalue weighted by Crippen LogP contribution is 2.06. The molecule has 12 heteroatoms. The number of carbonyl (C=O) groups excluding carboxylic acids is 2. The molecule has 4 N–H and O–H groups in total. The molecule has 0 heterocycles. The van der Waals surface area contributed by atoms with Crippen LogP contribution in [0.25, 0.3) is 0 Å². The maximum atomic E-state index is 10.8. The summed E-state index contributed by atoms with van der Waals surface area (Å²) in [5, 5.41) is 11.2. The minimum Gasteiger partial charge on any atom is -0.446 e. The molecule has 0 spiro atoms. The number of likely N-dealkylation sites (N-methyl/N-ethyl adjacent to an activating group) is 2. The highest BCUT2D eigenvalue weighted by Gasteiger charge is 2.19. The lowest BCUT2D eigenvalue weighted by molar-refractivity contribution is -0.874. The third-order valence-electron chi connectivity index (χ3n) is 4.56. The van der Waals surface area contributed by atoms with E-state index < -0.39 is 0 Å². The van der Waals surface area contributed by atoms with Crippen molar-refractivity contribution in [3.05, 3.63) is 48.6 Å². The molecular weight excluding hydrogens is 564 g/mol. The van der Waals surface area contributed by atoms with Crippen molar-refractivity contribution >= 4 is 11.9 Å². The van der Waals surface area contributed by atoms with Crippen molar-refractivity contribution in [3.8, 4) is 0 Å². The molecule has 264 valence electrons. The van der Waals surface area contributed by atoms with Gasteiger partial charge in [-0.1, -0.05) is 41.2 Å². The van der Waals surface area contributed by atoms with Gasteiger partial charge in [0.05, 0.1) is 49.0 Å². The molecule has 0 saturated heterocycles. The summed E-state index contributed by atoms with van der Waals surface area (Å²) in [6.07, 6.45) is -0.287. The Hall–Kier alpha value is -2.42. The number of nitrogens with one attached hydrogen (secondary N) is 1. The first-order chi connectivity index (χ1) is 18.8. The largest absolute Gasteiger partial charge is 0.446 e. The van der Waals surface area contributed by atoms with Crippen molar-refractivity contribution in [2.75, 3.05) is 97.0 Å². The second kappa shape index (κ2) is 28.1. The maximum Gasteiger partial charge on any atom is 0.334 e. The molecular formula is C32H72N6O6+2. The fourth-order valence-corrected chi connectivity index (χ4v) is 2.28. The summed E-state index contributed by atoms with van der Waals surface area (Å²) in [6.45, 7) is 24.0. The first kappa shape index (κ1) is 54.1. The first-order valence-electron chi connectivity index (χ1n) is 13.4. The molecule has 1 amide bonds. The summed E-state index contributed by atoms with van der Waals surface area (Å²) in [4.78, 5) is 34.2. The van der Waals surface area contributed by atoms with Gasteiger partial charge in [0.25, 0.3) is 0 Å². The first-order valence-corrected chi connectivity index (χ1v) is 13.4. The third-order valence-corrected chi connectivity index (χ3v) is 4.56. The van der Waals surface area contributed by atoms with E-state index in [0.29, 0.717) is 24.5 Å². The van der Waals surface area contributed by atoms with Crippen molar-refractivity contribution in [2.24, 2.45) is 5.90 Å². The standard InChI is InChI=1S/C8H19N2O.C8H17NO2.C7H14N2O.C7H13NO2.2CH4/c1-7(2)8(11-9)6-10(3,4)5;1-7(2)8(11-10)6-9(3,4)5;1-6(2)7(10)8-5-9(3)4;1-6(2)7(9)10-5-8(3)4;;/h8H,1,6,9H2,2-5H3;8H,1,6H2,2-5H3;1,5H2,2-4H3,(H,8,10);1,5H2,2-4H3;2*1H4/q+1;;;;;/p+1. The number of rotatable bonds is 14. The fraction of sp³-hybridized carbons (Fsp3) is 0.688. The second-order valence-electron chi connectivity index (χ2n) is 12.8. The lowest BCUT2D eigenvalue weighted by Crippen LogP contribution is -2.43. The molecule has 0 aromatic rings. The fourth-order valence-electron chi connectivity index (χ4n) is 2.28. The molecule has 0 fully saturated rings. The average molecular weight is 637 g/mol. The lowest BCUT2D eigenvalue weighted by atomic mass is 10.2. The quantitative estimate of drug-likeness (QED) is 0.0497. The van der Waals surface area contributed by atoms with Crippen LogP contribution in [0, 0.1) is 0 Å². The van der Waals surface area contributed by atoms with Gasteiger partial charge in [-0.25, -0.2) is 15.6 Å². The molecule has 2 atom stereocenters. The number of ether oxygens (including phenoxy) is 1. The van der Waals surface area contributed by atoms with E-state index in [1.54, 1.807) is 18.7 Å². The molecule has 0 aliphatic carbocycles. The van der Waals surface area contributed by atoms with Crippen LogP contribution < -0.4 is 11.2 Å². The van der Waals surface area contributed by atoms with Crippen LogP contribution >= 0.6 is 0 Å². The molecule has 0 rings (SSSR count). The molecule has 0 aromatic heterocycles. The SMILES string of the molecule is C.C.C=C(C)C(=O)NCN(C)C.C=C(C)C(=O)OCN(C)C.C=C(C)C(C[N+](C)(C)C)ON.C=C(C)C(C[N+](C)(C)C)OO. The van der Waals surface area contributed by atoms with Gasteiger partial charge >= 0.3 is 5.97 Å². The second-order valence-corrected chi connectivity index (χ2v) is 12.8. The van der Waals surface area contributed by atoms with Gasteiger partial charge in [-0.05, 0) is 67.0 Å². The van der Waals surface area contributed by atoms with Crippen molar-refractivity contribution < 1.29 is 38.3 Å². The Bertz CT molecular complexity index is 762. The van der Waals surface area contributed by atoms with Gasteiger partial charge in [0.15, 0.2) is 6.10 Å². The van der Waals surface area contributed by atoms with Crippen LogP contribution in [0.2, 0.25) is 0 Å². The highest BCUT2D eigenvalue weighted by molar-refractivity contribution is 5.91. The van der Waals surface area contributed by atoms with Crippen LogP contribution in [0.3, 0.4) is 0 Å². The van der Waals surface area contributed by atoms with Crippen LogP contribution in [-0.2, 0) is 24.1 Å². The maximum absolute atomic E-state index is 10.8. The molecule has 0 aliphatic heterocycles. The Kier molecular flexibility index (Phi) is 34.5. The summed E-state index contributed by atoms with van der Waals surface area (Å²) in [5.41, 5.74) is 2.80. The van der Waals surface area contributed by atoms with E-state index in [-0.39, 0.29) is 38.9 Å². The normalized spacial score (nSPS) is 11.7. The van der Waals surface area contributed by atoms with E-state index in [1.807, 2.05) is 68.1 Å². The number of hydrogen-bond acceptors (Lipinski definition) is 9. The summed E-state index contributed by atoms with van der Waals surface area (Å²) in [6, 6.07) is 0. The number of hydrogen-bond donors (Lipinski definition) is 3. The Morgan fingerprint density at radius 1 is 0.773 bits per heavy atom. The van der Waals surface area contributed by atoms with Crippen LogP contribution in [0.5, 0.6) is 0 Å². The highest BCUT2D eigenvalue weighted by atomic mass is 17.1. The number of amides is 1. The zero-order valence-electron chi connectivity index (χ0n) is 29.2. The molecule has 0 bridgehead atoms. The number of quaternary nitrogens is 2. The van der Waals surface area contributed by atoms with E-state index >= 15 is 0 Å². The van der Waals surface area contributed by atoms with Crippen molar-refractivity contribution in [1.82, 2.24) is 15.1 Å². The summed E-state index contributed by atoms with van der Waals surface area (Å²) in [7, 11) is 19.8. The smallest absolute Gasteiger partial charge is 0.334 e. The van der Waals surface area contributed by atoms with E-state index in [9.17, 15) is 9.59 Å². The summed E-state index contributed by atoms with van der Waals surface area (Å²) < 4.78 is 6.33. The minimum absolute atomic E-state index is 0. The van der Waals surface area contributed by atoms with Gasteiger partial charge < -0.3 is 19.0 Å². The van der Waals surface area contributed by atoms with Gasteiger partial charge in [-0.2, -0.15) is 0 Å². The van der Waals surface area contributed by atoms with Crippen LogP contribution in [0.15, 0.2) is 48.6 Å². The van der Waals surface area contributed by atoms with Gasteiger partial charge in [0, 0.05) is 11.1 Å². The Labute approximate surface area is 271 Å². The molecule has 12 nitrogen and oxygen atoms in total. The molecule has 2 unspecified atom stereocenters. The van der Waals surface area contributed by atoms with E-state index in [0.717, 1.165) is 33.2 Å². The molecule has 0 aromatic carbocycles. The molecule has 0 radical (unpaired) electrons. The lowest BCUT2D eigenvalue weighted by Gasteiger charge is -2.28. The predicted molar refractivity (Wildman–Crippen MR) is 186 cm³/mol. The summed E-state index contributed by atoms with van der Waals surface area (Å²) in [5.74, 6) is 4.68. The van der Waals surface area contributed by atoms with Gasteiger partial charge in [-0.3, -0.25) is 24.7 Å². The number of esters is 1.